The number of nitrogens with zero attached hydrogens (tertiary/aromatic N) is 3. The molecule has 3 N–H and O–H groups in total. The van der Waals surface area contributed by atoms with Gasteiger partial charge in [0.1, 0.15) is 11.0 Å². The molecule has 0 aliphatic rings. The van der Waals surface area contributed by atoms with Crippen LogP contribution in [0, 0.1) is 35.5 Å². The predicted molar refractivity (Wildman–Crippen MR) is 472 cm³/mol. The number of hydrogen-bond acceptors (Lipinski definition) is 7. The van der Waals surface area contributed by atoms with Gasteiger partial charge in [-0.3, -0.25) is 13.9 Å². The molecular weight excluding hydrogens is 1560 g/mol. The van der Waals surface area contributed by atoms with Crippen LogP contribution in [0.15, 0.2) is 236 Å². The summed E-state index contributed by atoms with van der Waals surface area (Å²) in [6, 6.07) is 75.7. The molecule has 10 aromatic rings. The number of nitrogens with two attached hydrogens (primary N) is 1. The average molecular weight is 1670 g/mol. The number of halogens is 9. The molecule has 0 radical (unpaired) electrons. The van der Waals surface area contributed by atoms with Crippen molar-refractivity contribution in [2.24, 2.45) is 46.2 Å². The fourth-order valence-corrected chi connectivity index (χ4v) is 12.2. The van der Waals surface area contributed by atoms with E-state index >= 15 is 0 Å². The van der Waals surface area contributed by atoms with E-state index in [0.717, 1.165) is 66.9 Å². The summed E-state index contributed by atoms with van der Waals surface area (Å²) >= 11 is 45.4. The average Bonchev–Trinajstić information content (AvgIpc) is 1.42. The number of hydrogen-bond donors (Lipinski definition) is 2. The van der Waals surface area contributed by atoms with Gasteiger partial charge >= 0.3 is 66.2 Å². The first-order valence-corrected chi connectivity index (χ1v) is 47.5. The van der Waals surface area contributed by atoms with Crippen LogP contribution in [0.2, 0.25) is 0 Å². The van der Waals surface area contributed by atoms with E-state index in [1.54, 1.807) is 14.2 Å². The van der Waals surface area contributed by atoms with E-state index in [-0.39, 0.29) is 13.6 Å². The quantitative estimate of drug-likeness (QED) is 0.0353. The van der Waals surface area contributed by atoms with E-state index in [1.807, 2.05) is 72.9 Å². The standard InChI is InChI=1S/C29H32N2.C27H30ClN.C27H31NO.C4H11NO2.Cl5P.Cl3OP/c1-21(2)17-26-19-25(23-11-7-5-8-12-23)20-27(18-22(3)4)28(26)31-16-15-30-29(31)24-13-9-6-10-14-24;1-19(2)15-24-17-23(21-11-7-5-8-12-21)18-25(16-20(3)4)26(24)29-27(28)22-13-9-6-10-14-22;1-19(2)15-24-17-23(21-11-7-5-8-12-21)18-25(16-20(3)4)26(24)28-27(29)22-13-9-6-10-14-22;1-6-4(3-5)7-2;1-6(2,3,4)5;1-5(2,3)4/h5-16,19-22H,17-18H2,1-4H3;5-14,17-20H,15-16H2,1-4H3;5-14,17-20H,15-16H2,1-4H3,(H,28,29);4H,3,5H2,1-2H3;;/p+1. The van der Waals surface area contributed by atoms with Gasteiger partial charge in [-0.2, -0.15) is 0 Å². The topological polar surface area (TPSA) is 121 Å². The molecule has 0 spiro atoms. The fraction of sp³-hybridized carbons (Fsp3) is 0.322. The maximum Gasteiger partial charge on any atom is 1.00 e. The molecule has 9 nitrogen and oxygen atoms in total. The summed E-state index contributed by atoms with van der Waals surface area (Å²) in [5, 5.41) is 0.573. The number of amides is 1. The van der Waals surface area contributed by atoms with Crippen molar-refractivity contribution >= 4 is 133 Å². The van der Waals surface area contributed by atoms with E-state index in [2.05, 4.69) is 285 Å². The Balaban J connectivity index is 0.000000305. The Labute approximate surface area is 682 Å². The molecule has 107 heavy (non-hydrogen) atoms. The molecule has 1 amide bonds. The van der Waals surface area contributed by atoms with Crippen LogP contribution in [-0.4, -0.2) is 47.7 Å². The Bertz CT molecular complexity index is 4250. The van der Waals surface area contributed by atoms with Crippen LogP contribution in [0.1, 0.15) is 134 Å². The molecule has 574 valence electrons. The van der Waals surface area contributed by atoms with Crippen molar-refractivity contribution in [3.8, 4) is 50.5 Å². The number of benzene rings is 9. The molecule has 0 atom stereocenters. The minimum absolute atomic E-state index is 0. The van der Waals surface area contributed by atoms with Gasteiger partial charge < -0.3 is 20.5 Å². The van der Waals surface area contributed by atoms with Gasteiger partial charge in [0.25, 0.3) is 5.91 Å². The summed E-state index contributed by atoms with van der Waals surface area (Å²) in [6.45, 7) is 27.5. The van der Waals surface area contributed by atoms with Crippen LogP contribution >= 0.6 is 110 Å². The van der Waals surface area contributed by atoms with Crippen LogP contribution in [0.4, 0.5) is 11.4 Å². The van der Waals surface area contributed by atoms with Crippen molar-refractivity contribution < 1.29 is 20.3 Å². The third-order valence-electron chi connectivity index (χ3n) is 16.1. The van der Waals surface area contributed by atoms with Crippen LogP contribution in [0.25, 0.3) is 50.5 Å². The van der Waals surface area contributed by atoms with Gasteiger partial charge in [-0.15, -0.1) is 0 Å². The fourth-order valence-electron chi connectivity index (χ4n) is 12.0. The maximum absolute atomic E-state index is 12.9. The van der Waals surface area contributed by atoms with Gasteiger partial charge in [0.2, 0.25) is 0 Å². The summed E-state index contributed by atoms with van der Waals surface area (Å²) in [7, 11) is 3.11. The van der Waals surface area contributed by atoms with E-state index in [1.165, 1.54) is 72.4 Å². The van der Waals surface area contributed by atoms with Crippen LogP contribution in [-0.2, 0) is 52.6 Å². The number of imidazole rings is 1. The maximum atomic E-state index is 12.9. The van der Waals surface area contributed by atoms with E-state index in [9.17, 15) is 9.36 Å². The summed E-state index contributed by atoms with van der Waals surface area (Å²) in [4.78, 5) is 22.6. The molecular formula is C87H105Cl9N5O4P2+. The summed E-state index contributed by atoms with van der Waals surface area (Å²) < 4.78 is 17.5. The first kappa shape index (κ1) is 92.1. The van der Waals surface area contributed by atoms with Crippen molar-refractivity contribution in [3.63, 3.8) is 0 Å². The molecule has 0 aliphatic carbocycles. The summed E-state index contributed by atoms with van der Waals surface area (Å²) in [5.41, 5.74) is 26.5. The Hall–Kier alpha value is -5.52. The number of methoxy groups -OCH3 is 2. The number of nitrogens with one attached hydrogen (secondary N) is 1. The second-order valence-electron chi connectivity index (χ2n) is 28.4. The molecule has 0 saturated carbocycles. The molecule has 10 rings (SSSR count). The molecule has 0 bridgehead atoms. The van der Waals surface area contributed by atoms with Gasteiger partial charge in [0.15, 0.2) is 6.29 Å². The van der Waals surface area contributed by atoms with Crippen molar-refractivity contribution in [3.05, 3.63) is 275 Å². The van der Waals surface area contributed by atoms with E-state index < -0.39 is 8.57 Å². The summed E-state index contributed by atoms with van der Waals surface area (Å²) in [6.07, 6.45) is 9.68. The largest absolute Gasteiger partial charge is 1.00 e. The monoisotopic (exact) mass is 1660 g/mol. The molecule has 9 aromatic carbocycles. The first-order valence-electron chi connectivity index (χ1n) is 35.9. The number of aliphatic imine (C=N–C) groups is 1. The van der Waals surface area contributed by atoms with E-state index in [4.69, 9.17) is 93.0 Å². The number of aromatic nitrogens is 2. The normalized spacial score (nSPS) is 11.9. The Morgan fingerprint density at radius 1 is 0.467 bits per heavy atom. The van der Waals surface area contributed by atoms with Gasteiger partial charge in [0.05, 0.1) is 11.4 Å². The SMILES string of the molecule is CC(C)Cc1cc(-c2ccccc2)cc(CC(C)C)c1-n1ccnc1-c1ccccc1.CC(C)Cc1cc(-c2ccccc2)cc(CC(C)C)c1N=C(Cl)c1ccccc1.CC(C)Cc1cc(-c2ccccc2)cc(CC(C)C)c1NC(=O)c1ccccc1.COC(CN)OC.ClP(Cl)(Cl)(Cl)Cl.O=P(Cl)(Cl)Cl.[H+]. The van der Waals surface area contributed by atoms with Gasteiger partial charge in [-0.05, 0) is 223 Å². The zero-order valence-corrected chi connectivity index (χ0v) is 72.4. The minimum atomic E-state index is -3.69. The van der Waals surface area contributed by atoms with Crippen LogP contribution < -0.4 is 11.1 Å². The first-order chi connectivity index (χ1) is 50.5. The molecule has 1 aromatic heterocycles. The molecule has 0 fully saturated rings. The van der Waals surface area contributed by atoms with Crippen LogP contribution in [0.3, 0.4) is 0 Å². The van der Waals surface area contributed by atoms with Crippen molar-refractivity contribution in [2.75, 3.05) is 26.1 Å². The Morgan fingerprint density at radius 2 is 0.748 bits per heavy atom. The van der Waals surface area contributed by atoms with Crippen molar-refractivity contribution in [1.82, 2.24) is 9.55 Å². The molecule has 0 aliphatic heterocycles. The number of rotatable bonds is 24. The molecule has 20 heteroatoms. The number of carbonyl (C=O) groups excluding carboxylic acids is 1. The minimum Gasteiger partial charge on any atom is -0.271 e. The number of anilines is 1. The van der Waals surface area contributed by atoms with E-state index in [0.29, 0.717) is 52.8 Å². The second-order valence-corrected chi connectivity index (χ2v) is 52.0. The Morgan fingerprint density at radius 3 is 1.06 bits per heavy atom. The molecule has 0 unspecified atom stereocenters. The third-order valence-corrected chi connectivity index (χ3v) is 16.4. The molecule has 0 saturated heterocycles. The smallest absolute Gasteiger partial charge is 0.271 e. The van der Waals surface area contributed by atoms with Crippen molar-refractivity contribution in [2.45, 2.75) is 128 Å². The summed E-state index contributed by atoms with van der Waals surface area (Å²) in [5.74, 6) is 4.17. The number of ether oxygens (including phenoxy) is 2. The van der Waals surface area contributed by atoms with Crippen LogP contribution in [0.5, 0.6) is 0 Å². The van der Waals surface area contributed by atoms with Gasteiger partial charge in [-0.25, -0.2) is 9.98 Å². The van der Waals surface area contributed by atoms with Crippen molar-refractivity contribution in [1.29, 1.82) is 0 Å². The third kappa shape index (κ3) is 35.2. The van der Waals surface area contributed by atoms with Gasteiger partial charge in [0, 0.05) is 55.5 Å². The predicted octanol–water partition coefficient (Wildman–Crippen LogP) is 29.5. The Kier molecular flexibility index (Phi) is 39.3. The zero-order chi connectivity index (χ0) is 79.0. The van der Waals surface area contributed by atoms with Gasteiger partial charge in [-0.1, -0.05) is 265 Å². The second kappa shape index (κ2) is 45.7. The number of carbonyl (C=O) groups is 1. The zero-order valence-electron chi connectivity index (χ0n) is 64.8. The molecule has 1 heterocycles.